The summed E-state index contributed by atoms with van der Waals surface area (Å²) in [6, 6.07) is 1.12. The maximum atomic E-state index is 10.2. The van der Waals surface area contributed by atoms with Crippen molar-refractivity contribution in [3.8, 4) is 0 Å². The van der Waals surface area contributed by atoms with Crippen molar-refractivity contribution < 1.29 is 9.72 Å². The van der Waals surface area contributed by atoms with Crippen molar-refractivity contribution >= 4 is 12.1 Å². The maximum Gasteiger partial charge on any atom is 0.345 e. The standard InChI is InChI=1S/C5H5N3O3/c1-7-5(8(10)11)2-4(3-9)6-7/h2-3H,1H3. The van der Waals surface area contributed by atoms with Crippen molar-refractivity contribution in [3.05, 3.63) is 21.9 Å². The fraction of sp³-hybridized carbons (Fsp3) is 0.200. The summed E-state index contributed by atoms with van der Waals surface area (Å²) in [7, 11) is 1.41. The highest BCUT2D eigenvalue weighted by molar-refractivity contribution is 5.72. The van der Waals surface area contributed by atoms with Crippen molar-refractivity contribution in [3.63, 3.8) is 0 Å². The second kappa shape index (κ2) is 2.49. The first-order chi connectivity index (χ1) is 5.15. The summed E-state index contributed by atoms with van der Waals surface area (Å²) in [5.41, 5.74) is 0.0687. The third-order valence-corrected chi connectivity index (χ3v) is 1.18. The van der Waals surface area contributed by atoms with Gasteiger partial charge in [-0.2, -0.15) is 0 Å². The number of hydrogen-bond donors (Lipinski definition) is 0. The summed E-state index contributed by atoms with van der Waals surface area (Å²) >= 11 is 0. The largest absolute Gasteiger partial charge is 0.358 e. The van der Waals surface area contributed by atoms with E-state index in [1.54, 1.807) is 0 Å². The zero-order chi connectivity index (χ0) is 8.43. The van der Waals surface area contributed by atoms with Crippen LogP contribution in [0.25, 0.3) is 0 Å². The van der Waals surface area contributed by atoms with Gasteiger partial charge < -0.3 is 10.1 Å². The molecule has 58 valence electrons. The van der Waals surface area contributed by atoms with Crippen LogP contribution >= 0.6 is 0 Å². The third kappa shape index (κ3) is 1.23. The summed E-state index contributed by atoms with van der Waals surface area (Å²) in [5, 5.41) is 13.7. The fourth-order valence-electron chi connectivity index (χ4n) is 0.707. The van der Waals surface area contributed by atoms with Crippen LogP contribution in [0.5, 0.6) is 0 Å². The Hall–Kier alpha value is -1.72. The Kier molecular flexibility index (Phi) is 1.67. The average molecular weight is 155 g/mol. The molecule has 0 bridgehead atoms. The molecule has 0 aliphatic carbocycles. The molecule has 0 amide bonds. The van der Waals surface area contributed by atoms with Crippen LogP contribution < -0.4 is 0 Å². The van der Waals surface area contributed by atoms with Gasteiger partial charge in [0.2, 0.25) is 0 Å². The highest BCUT2D eigenvalue weighted by Gasteiger charge is 2.13. The van der Waals surface area contributed by atoms with Crippen LogP contribution in [0.1, 0.15) is 10.5 Å². The number of carbonyl (C=O) groups is 1. The predicted octanol–water partition coefficient (Wildman–Crippen LogP) is 0.141. The minimum atomic E-state index is -0.597. The molecule has 0 spiro atoms. The molecule has 1 aromatic heterocycles. The van der Waals surface area contributed by atoms with Crippen LogP contribution in [0.3, 0.4) is 0 Å². The van der Waals surface area contributed by atoms with Crippen molar-refractivity contribution in [2.24, 2.45) is 7.05 Å². The Morgan fingerprint density at radius 1 is 1.82 bits per heavy atom. The summed E-state index contributed by atoms with van der Waals surface area (Å²) in [5.74, 6) is -0.188. The third-order valence-electron chi connectivity index (χ3n) is 1.18. The second-order valence-electron chi connectivity index (χ2n) is 1.93. The fourth-order valence-corrected chi connectivity index (χ4v) is 0.707. The zero-order valence-electron chi connectivity index (χ0n) is 5.72. The lowest BCUT2D eigenvalue weighted by Crippen LogP contribution is -1.97. The topological polar surface area (TPSA) is 78.0 Å². The maximum absolute atomic E-state index is 10.2. The summed E-state index contributed by atoms with van der Waals surface area (Å²) in [4.78, 5) is 19.7. The number of aryl methyl sites for hydroxylation is 1. The molecule has 0 aromatic carbocycles. The summed E-state index contributed by atoms with van der Waals surface area (Å²) in [6.07, 6.45) is 0.465. The SMILES string of the molecule is Cn1nc(C=O)cc1[N+](=O)[O-]. The number of aldehydes is 1. The van der Waals surface area contributed by atoms with Crippen molar-refractivity contribution in [2.45, 2.75) is 0 Å². The van der Waals surface area contributed by atoms with Crippen LogP contribution in [0.2, 0.25) is 0 Å². The van der Waals surface area contributed by atoms with E-state index in [0.717, 1.165) is 10.7 Å². The molecule has 11 heavy (non-hydrogen) atoms. The van der Waals surface area contributed by atoms with Gasteiger partial charge in [-0.25, -0.2) is 0 Å². The van der Waals surface area contributed by atoms with E-state index in [1.807, 2.05) is 0 Å². The highest BCUT2D eigenvalue weighted by atomic mass is 16.6. The van der Waals surface area contributed by atoms with Gasteiger partial charge in [0.1, 0.15) is 7.05 Å². The number of hydrogen-bond acceptors (Lipinski definition) is 4. The molecule has 0 saturated heterocycles. The van der Waals surface area contributed by atoms with Gasteiger partial charge in [0.25, 0.3) is 0 Å². The molecule has 0 aliphatic rings. The molecule has 6 nitrogen and oxygen atoms in total. The van der Waals surface area contributed by atoms with Crippen LogP contribution in [0.15, 0.2) is 6.07 Å². The molecule has 0 aliphatic heterocycles. The quantitative estimate of drug-likeness (QED) is 0.345. The lowest BCUT2D eigenvalue weighted by Gasteiger charge is -1.89. The smallest absolute Gasteiger partial charge is 0.345 e. The average Bonchev–Trinajstić information content (AvgIpc) is 2.30. The molecule has 0 radical (unpaired) electrons. The van der Waals surface area contributed by atoms with Gasteiger partial charge in [-0.15, -0.1) is 4.68 Å². The molecule has 0 atom stereocenters. The highest BCUT2D eigenvalue weighted by Crippen LogP contribution is 2.09. The normalized spacial score (nSPS) is 9.55. The number of nitrogens with zero attached hydrogens (tertiary/aromatic N) is 3. The van der Waals surface area contributed by atoms with E-state index < -0.39 is 4.92 Å². The van der Waals surface area contributed by atoms with Crippen molar-refractivity contribution in [1.29, 1.82) is 0 Å². The Morgan fingerprint density at radius 3 is 2.73 bits per heavy atom. The minimum absolute atomic E-state index is 0.0687. The monoisotopic (exact) mass is 155 g/mol. The van der Waals surface area contributed by atoms with E-state index in [2.05, 4.69) is 5.10 Å². The van der Waals surface area contributed by atoms with E-state index in [1.165, 1.54) is 7.05 Å². The summed E-state index contributed by atoms with van der Waals surface area (Å²) < 4.78 is 1.05. The van der Waals surface area contributed by atoms with Gasteiger partial charge in [-0.3, -0.25) is 4.79 Å². The first-order valence-electron chi connectivity index (χ1n) is 2.78. The van der Waals surface area contributed by atoms with Crippen LogP contribution in [-0.4, -0.2) is 21.0 Å². The molecule has 1 aromatic rings. The molecule has 1 rings (SSSR count). The first kappa shape index (κ1) is 7.39. The van der Waals surface area contributed by atoms with Crippen LogP contribution in [0.4, 0.5) is 5.82 Å². The Morgan fingerprint density at radius 2 is 2.45 bits per heavy atom. The van der Waals surface area contributed by atoms with Crippen molar-refractivity contribution in [2.75, 3.05) is 0 Å². The molecule has 1 heterocycles. The second-order valence-corrected chi connectivity index (χ2v) is 1.93. The number of nitro groups is 1. The number of rotatable bonds is 2. The first-order valence-corrected chi connectivity index (χ1v) is 2.78. The van der Waals surface area contributed by atoms with E-state index in [4.69, 9.17) is 0 Å². The Balaban J connectivity index is 3.16. The summed E-state index contributed by atoms with van der Waals surface area (Å²) in [6.45, 7) is 0. The van der Waals surface area contributed by atoms with Gasteiger partial charge >= 0.3 is 5.82 Å². The number of carbonyl (C=O) groups excluding carboxylic acids is 1. The lowest BCUT2D eigenvalue weighted by molar-refractivity contribution is -0.392. The molecule has 0 saturated carbocycles. The molecular weight excluding hydrogens is 150 g/mol. The van der Waals surface area contributed by atoms with E-state index in [9.17, 15) is 14.9 Å². The van der Waals surface area contributed by atoms with Crippen LogP contribution in [0, 0.1) is 10.1 Å². The molecular formula is C5H5N3O3. The molecule has 0 unspecified atom stereocenters. The van der Waals surface area contributed by atoms with Gasteiger partial charge in [-0.1, -0.05) is 5.10 Å². The molecule has 0 N–H and O–H groups in total. The van der Waals surface area contributed by atoms with Crippen LogP contribution in [-0.2, 0) is 7.05 Å². The van der Waals surface area contributed by atoms with Crippen molar-refractivity contribution in [1.82, 2.24) is 9.78 Å². The zero-order valence-corrected chi connectivity index (χ0v) is 5.72. The molecule has 0 fully saturated rings. The Bertz CT molecular complexity index is 304. The minimum Gasteiger partial charge on any atom is -0.358 e. The van der Waals surface area contributed by atoms with Gasteiger partial charge in [-0.05, 0) is 4.92 Å². The molecule has 6 heteroatoms. The van der Waals surface area contributed by atoms with E-state index >= 15 is 0 Å². The van der Waals surface area contributed by atoms with E-state index in [0.29, 0.717) is 6.29 Å². The van der Waals surface area contributed by atoms with Gasteiger partial charge in [0.15, 0.2) is 12.0 Å². The number of aromatic nitrogens is 2. The van der Waals surface area contributed by atoms with E-state index in [-0.39, 0.29) is 11.5 Å². The van der Waals surface area contributed by atoms with Gasteiger partial charge in [0.05, 0.1) is 6.07 Å². The lowest BCUT2D eigenvalue weighted by atomic mass is 10.5. The predicted molar refractivity (Wildman–Crippen MR) is 35.2 cm³/mol. The Labute approximate surface area is 61.6 Å². The van der Waals surface area contributed by atoms with Gasteiger partial charge in [0, 0.05) is 0 Å².